The van der Waals surface area contributed by atoms with Gasteiger partial charge in [0, 0.05) is 30.9 Å². The molecule has 54 heavy (non-hydrogen) atoms. The predicted molar refractivity (Wildman–Crippen MR) is 233 cm³/mol. The van der Waals surface area contributed by atoms with Crippen LogP contribution < -0.4 is 0 Å². The van der Waals surface area contributed by atoms with E-state index in [-0.39, 0.29) is 0 Å². The van der Waals surface area contributed by atoms with Gasteiger partial charge in [0.05, 0.1) is 0 Å². The number of furan rings is 1. The molecule has 0 radical (unpaired) electrons. The minimum absolute atomic E-state index is 0.901. The van der Waals surface area contributed by atoms with E-state index in [0.29, 0.717) is 0 Å². The Morgan fingerprint density at radius 1 is 0.315 bits per heavy atom. The molecule has 250 valence electrons. The van der Waals surface area contributed by atoms with Gasteiger partial charge in [-0.15, -0.1) is 11.3 Å². The Kier molecular flexibility index (Phi) is 6.28. The minimum atomic E-state index is 0.901. The molecule has 0 atom stereocenters. The fourth-order valence-corrected chi connectivity index (χ4v) is 10.2. The summed E-state index contributed by atoms with van der Waals surface area (Å²) < 4.78 is 9.39. The standard InChI is InChI=1S/C52H30OS/c1-3-13-36-31(10-1)12-9-19-41(36)51-44-17-7-5-15-42(44)50(43-16-6-8-18-45(43)51)35-23-25-39-38-24-21-33(28-47(38)53-48(39)29-35)34-22-26-40-46-27-20-32-11-2-4-14-37(32)52(46)54-49(40)30-34/h1-30H. The highest BCUT2D eigenvalue weighted by atomic mass is 32.1. The molecule has 0 unspecified atom stereocenters. The zero-order chi connectivity index (χ0) is 35.3. The van der Waals surface area contributed by atoms with Crippen molar-refractivity contribution in [3.05, 3.63) is 182 Å². The Morgan fingerprint density at radius 2 is 0.815 bits per heavy atom. The minimum Gasteiger partial charge on any atom is -0.456 e. The first-order valence-corrected chi connectivity index (χ1v) is 19.3. The molecule has 2 heterocycles. The normalized spacial score (nSPS) is 12.1. The lowest BCUT2D eigenvalue weighted by Gasteiger charge is -2.18. The molecule has 0 fully saturated rings. The molecule has 0 saturated heterocycles. The maximum absolute atomic E-state index is 6.73. The van der Waals surface area contributed by atoms with Crippen molar-refractivity contribution in [3.8, 4) is 33.4 Å². The zero-order valence-corrected chi connectivity index (χ0v) is 30.0. The Hall–Kier alpha value is -6.74. The van der Waals surface area contributed by atoms with Crippen LogP contribution in [0.5, 0.6) is 0 Å². The van der Waals surface area contributed by atoms with E-state index in [9.17, 15) is 0 Å². The van der Waals surface area contributed by atoms with E-state index in [2.05, 4.69) is 182 Å². The first kappa shape index (κ1) is 29.8. The molecule has 12 aromatic rings. The molecule has 12 rings (SSSR count). The number of rotatable bonds is 3. The van der Waals surface area contributed by atoms with E-state index < -0.39 is 0 Å². The quantitative estimate of drug-likeness (QED) is 0.167. The smallest absolute Gasteiger partial charge is 0.136 e. The van der Waals surface area contributed by atoms with Crippen molar-refractivity contribution in [1.82, 2.24) is 0 Å². The topological polar surface area (TPSA) is 13.1 Å². The van der Waals surface area contributed by atoms with E-state index in [1.807, 2.05) is 11.3 Å². The highest BCUT2D eigenvalue weighted by Gasteiger charge is 2.19. The van der Waals surface area contributed by atoms with E-state index in [1.165, 1.54) is 85.5 Å². The van der Waals surface area contributed by atoms with Gasteiger partial charge in [-0.1, -0.05) is 152 Å². The van der Waals surface area contributed by atoms with Crippen LogP contribution in [0.4, 0.5) is 0 Å². The fraction of sp³-hybridized carbons (Fsp3) is 0. The number of benzene rings is 10. The van der Waals surface area contributed by atoms with Crippen LogP contribution in [0.15, 0.2) is 186 Å². The second-order valence-electron chi connectivity index (χ2n) is 14.4. The van der Waals surface area contributed by atoms with Gasteiger partial charge in [-0.25, -0.2) is 0 Å². The summed E-state index contributed by atoms with van der Waals surface area (Å²) >= 11 is 1.88. The second-order valence-corrected chi connectivity index (χ2v) is 15.4. The summed E-state index contributed by atoms with van der Waals surface area (Å²) in [5.74, 6) is 0. The molecular formula is C52H30OS. The third kappa shape index (κ3) is 4.32. The molecule has 0 N–H and O–H groups in total. The van der Waals surface area contributed by atoms with Gasteiger partial charge in [0.2, 0.25) is 0 Å². The highest BCUT2D eigenvalue weighted by molar-refractivity contribution is 7.26. The SMILES string of the molecule is c1ccc2c(-c3c4ccccc4c(-c4ccc5c(c4)oc4cc(-c6ccc7c(c6)sc6c8ccccc8ccc76)ccc45)c4ccccc34)cccc2c1. The van der Waals surface area contributed by atoms with Crippen LogP contribution in [0.3, 0.4) is 0 Å². The van der Waals surface area contributed by atoms with Crippen molar-refractivity contribution in [1.29, 1.82) is 0 Å². The third-order valence-electron chi connectivity index (χ3n) is 11.4. The molecular weight excluding hydrogens is 673 g/mol. The molecule has 0 amide bonds. The summed E-state index contributed by atoms with van der Waals surface area (Å²) in [6, 6.07) is 66.6. The van der Waals surface area contributed by atoms with E-state index >= 15 is 0 Å². The summed E-state index contributed by atoms with van der Waals surface area (Å²) in [7, 11) is 0. The Morgan fingerprint density at radius 3 is 1.52 bits per heavy atom. The largest absolute Gasteiger partial charge is 0.456 e. The van der Waals surface area contributed by atoms with E-state index in [4.69, 9.17) is 4.42 Å². The van der Waals surface area contributed by atoms with Crippen molar-refractivity contribution in [3.63, 3.8) is 0 Å². The van der Waals surface area contributed by atoms with Crippen LogP contribution in [-0.4, -0.2) is 0 Å². The molecule has 10 aromatic carbocycles. The molecule has 0 spiro atoms. The van der Waals surface area contributed by atoms with E-state index in [0.717, 1.165) is 33.1 Å². The highest BCUT2D eigenvalue weighted by Crippen LogP contribution is 2.46. The maximum Gasteiger partial charge on any atom is 0.136 e. The van der Waals surface area contributed by atoms with Crippen LogP contribution in [-0.2, 0) is 0 Å². The molecule has 0 bridgehead atoms. The van der Waals surface area contributed by atoms with Gasteiger partial charge < -0.3 is 4.42 Å². The molecule has 1 nitrogen and oxygen atoms in total. The van der Waals surface area contributed by atoms with Crippen molar-refractivity contribution in [2.45, 2.75) is 0 Å². The lowest BCUT2D eigenvalue weighted by atomic mass is 9.84. The lowest BCUT2D eigenvalue weighted by molar-refractivity contribution is 0.669. The molecule has 0 saturated carbocycles. The van der Waals surface area contributed by atoms with Gasteiger partial charge in [0.25, 0.3) is 0 Å². The van der Waals surface area contributed by atoms with Crippen LogP contribution in [0, 0.1) is 0 Å². The summed E-state index contributed by atoms with van der Waals surface area (Å²) in [5.41, 5.74) is 9.09. The second kappa shape index (κ2) is 11.4. The van der Waals surface area contributed by atoms with Crippen LogP contribution >= 0.6 is 11.3 Å². The first-order valence-electron chi connectivity index (χ1n) is 18.5. The van der Waals surface area contributed by atoms with Gasteiger partial charge in [0.1, 0.15) is 11.2 Å². The summed E-state index contributed by atoms with van der Waals surface area (Å²) in [6.45, 7) is 0. The molecule has 2 aromatic heterocycles. The summed E-state index contributed by atoms with van der Waals surface area (Å²) in [4.78, 5) is 0. The molecule has 0 aliphatic carbocycles. The number of thiophene rings is 1. The Labute approximate surface area is 314 Å². The number of hydrogen-bond acceptors (Lipinski definition) is 2. The molecule has 0 aliphatic rings. The van der Waals surface area contributed by atoms with E-state index in [1.54, 1.807) is 0 Å². The first-order chi connectivity index (χ1) is 26.8. The van der Waals surface area contributed by atoms with Crippen molar-refractivity contribution >= 4 is 96.5 Å². The van der Waals surface area contributed by atoms with Gasteiger partial charge in [0.15, 0.2) is 0 Å². The van der Waals surface area contributed by atoms with Gasteiger partial charge in [-0.3, -0.25) is 0 Å². The maximum atomic E-state index is 6.73. The van der Waals surface area contributed by atoms with Gasteiger partial charge >= 0.3 is 0 Å². The zero-order valence-electron chi connectivity index (χ0n) is 29.1. The van der Waals surface area contributed by atoms with Crippen molar-refractivity contribution in [2.75, 3.05) is 0 Å². The Balaban J connectivity index is 1.01. The third-order valence-corrected chi connectivity index (χ3v) is 12.7. The van der Waals surface area contributed by atoms with Crippen LogP contribution in [0.25, 0.3) is 119 Å². The monoisotopic (exact) mass is 702 g/mol. The van der Waals surface area contributed by atoms with Crippen molar-refractivity contribution in [2.24, 2.45) is 0 Å². The van der Waals surface area contributed by atoms with Crippen LogP contribution in [0.1, 0.15) is 0 Å². The number of hydrogen-bond donors (Lipinski definition) is 0. The molecule has 2 heteroatoms. The average molecular weight is 703 g/mol. The number of fused-ring (bicyclic) bond motifs is 11. The Bertz CT molecular complexity index is 3450. The fourth-order valence-electron chi connectivity index (χ4n) is 8.97. The summed E-state index contributed by atoms with van der Waals surface area (Å²) in [5, 5.41) is 15.0. The van der Waals surface area contributed by atoms with Crippen molar-refractivity contribution < 1.29 is 4.42 Å². The predicted octanol–water partition coefficient (Wildman–Crippen LogP) is 15.6. The van der Waals surface area contributed by atoms with Gasteiger partial charge in [-0.05, 0) is 107 Å². The molecule has 0 aliphatic heterocycles. The average Bonchev–Trinajstić information content (AvgIpc) is 3.80. The lowest BCUT2D eigenvalue weighted by Crippen LogP contribution is -1.91. The van der Waals surface area contributed by atoms with Crippen LogP contribution in [0.2, 0.25) is 0 Å². The summed E-state index contributed by atoms with van der Waals surface area (Å²) in [6.07, 6.45) is 0. The van der Waals surface area contributed by atoms with Gasteiger partial charge in [-0.2, -0.15) is 0 Å².